The number of fused-ring (bicyclic) bond motifs is 3. The highest BCUT2D eigenvalue weighted by molar-refractivity contribution is 6.11. The number of methoxy groups -OCH3 is 2. The summed E-state index contributed by atoms with van der Waals surface area (Å²) in [6.07, 6.45) is 13.4. The number of nitrogens with one attached hydrogen (secondary N) is 1. The number of nitrogens with zero attached hydrogens (tertiary/aromatic N) is 4. The van der Waals surface area contributed by atoms with Gasteiger partial charge in [0.2, 0.25) is 0 Å². The number of halogens is 2. The van der Waals surface area contributed by atoms with Crippen LogP contribution in [0.1, 0.15) is 115 Å². The molecular formula is C42H61F2N5O6. The number of hydrogen-bond acceptors (Lipinski definition) is 8. The molecule has 0 radical (unpaired) electrons. The molecule has 1 saturated carbocycles. The van der Waals surface area contributed by atoms with Crippen molar-refractivity contribution in [1.82, 2.24) is 14.9 Å². The van der Waals surface area contributed by atoms with Crippen LogP contribution in [0.4, 0.5) is 25.0 Å². The van der Waals surface area contributed by atoms with E-state index in [1.54, 1.807) is 11.1 Å². The van der Waals surface area contributed by atoms with E-state index in [1.165, 1.54) is 14.2 Å². The molecular weight excluding hydrogens is 708 g/mol. The number of pyridine rings is 1. The van der Waals surface area contributed by atoms with E-state index in [0.717, 1.165) is 106 Å². The third-order valence-corrected chi connectivity index (χ3v) is 12.1. The minimum absolute atomic E-state index is 0.101. The molecule has 304 valence electrons. The molecule has 55 heavy (non-hydrogen) atoms. The first kappa shape index (κ1) is 41.1. The Hall–Kier alpha value is -3.52. The molecule has 3 aromatic rings. The number of carbonyl (C=O) groups excluding carboxylic acids is 1. The van der Waals surface area contributed by atoms with Crippen molar-refractivity contribution < 1.29 is 38.0 Å². The predicted octanol–water partition coefficient (Wildman–Crippen LogP) is 7.98. The molecule has 3 N–H and O–H groups in total. The molecule has 3 atom stereocenters. The van der Waals surface area contributed by atoms with Gasteiger partial charge in [-0.15, -0.1) is 0 Å². The summed E-state index contributed by atoms with van der Waals surface area (Å²) in [6, 6.07) is 2.71. The van der Waals surface area contributed by atoms with E-state index in [4.69, 9.17) is 19.2 Å². The van der Waals surface area contributed by atoms with Crippen molar-refractivity contribution in [1.29, 1.82) is 0 Å². The van der Waals surface area contributed by atoms with Crippen molar-refractivity contribution in [3.8, 4) is 11.5 Å². The van der Waals surface area contributed by atoms with Crippen LogP contribution in [0.2, 0.25) is 0 Å². The number of benzene rings is 1. The van der Waals surface area contributed by atoms with Gasteiger partial charge in [-0.25, -0.2) is 18.6 Å². The number of aromatic amines is 1. The van der Waals surface area contributed by atoms with Gasteiger partial charge in [0.05, 0.1) is 50.9 Å². The van der Waals surface area contributed by atoms with Crippen LogP contribution < -0.4 is 19.3 Å². The predicted molar refractivity (Wildman–Crippen MR) is 210 cm³/mol. The van der Waals surface area contributed by atoms with E-state index in [-0.39, 0.29) is 30.0 Å². The van der Waals surface area contributed by atoms with Crippen molar-refractivity contribution in [2.75, 3.05) is 63.4 Å². The molecule has 3 unspecified atom stereocenters. The zero-order chi connectivity index (χ0) is 39.4. The lowest BCUT2D eigenvalue weighted by Gasteiger charge is -2.41. The van der Waals surface area contributed by atoms with Crippen molar-refractivity contribution >= 4 is 28.4 Å². The van der Waals surface area contributed by atoms with Gasteiger partial charge in [-0.2, -0.15) is 0 Å². The molecule has 2 fully saturated rings. The van der Waals surface area contributed by atoms with Crippen LogP contribution in [0.5, 0.6) is 11.5 Å². The van der Waals surface area contributed by atoms with E-state index in [9.17, 15) is 15.0 Å². The number of carbonyl (C=O) groups is 1. The average Bonchev–Trinajstić information content (AvgIpc) is 3.59. The van der Waals surface area contributed by atoms with Crippen LogP contribution in [-0.4, -0.2) is 95.9 Å². The van der Waals surface area contributed by atoms with E-state index < -0.39 is 34.6 Å². The smallest absolute Gasteiger partial charge is 0.329 e. The Balaban J connectivity index is 1.41. The SMILES string of the molecule is CCN1C(=O)N(c2c(F)c(OC)cc(OC)c2F)Cc2cnc3[nH]c(C4(CN5CCOCC5)CCCCCCCCCC(C)(O)CC(C)(O)CCC4)cc3c21. The second kappa shape index (κ2) is 17.3. The van der Waals surface area contributed by atoms with E-state index >= 15 is 8.78 Å². The maximum atomic E-state index is 15.7. The van der Waals surface area contributed by atoms with Crippen molar-refractivity contribution in [2.45, 2.75) is 127 Å². The summed E-state index contributed by atoms with van der Waals surface area (Å²) in [5.41, 5.74) is 0.191. The first-order valence-electron chi connectivity index (χ1n) is 20.3. The summed E-state index contributed by atoms with van der Waals surface area (Å²) >= 11 is 0. The Morgan fingerprint density at radius 3 is 2.05 bits per heavy atom. The highest BCUT2D eigenvalue weighted by Gasteiger charge is 2.41. The zero-order valence-corrected chi connectivity index (χ0v) is 33.4. The van der Waals surface area contributed by atoms with Crippen molar-refractivity contribution in [3.05, 3.63) is 41.2 Å². The molecule has 1 saturated heterocycles. The van der Waals surface area contributed by atoms with Gasteiger partial charge in [0, 0.05) is 66.9 Å². The quantitative estimate of drug-likeness (QED) is 0.221. The van der Waals surface area contributed by atoms with E-state index in [0.29, 0.717) is 49.4 Å². The Labute approximate surface area is 324 Å². The fourth-order valence-corrected chi connectivity index (χ4v) is 9.36. The molecule has 4 heterocycles. The Kier molecular flexibility index (Phi) is 12.9. The number of anilines is 2. The summed E-state index contributed by atoms with van der Waals surface area (Å²) < 4.78 is 47.6. The summed E-state index contributed by atoms with van der Waals surface area (Å²) in [6.45, 7) is 9.50. The van der Waals surface area contributed by atoms with Crippen molar-refractivity contribution in [2.24, 2.45) is 0 Å². The first-order valence-corrected chi connectivity index (χ1v) is 20.3. The molecule has 2 aliphatic heterocycles. The second-order valence-electron chi connectivity index (χ2n) is 16.6. The largest absolute Gasteiger partial charge is 0.493 e. The number of urea groups is 1. The molecule has 0 spiro atoms. The van der Waals surface area contributed by atoms with Gasteiger partial charge in [-0.3, -0.25) is 14.7 Å². The normalized spacial score (nSPS) is 27.0. The minimum atomic E-state index is -1.02. The third kappa shape index (κ3) is 9.05. The maximum Gasteiger partial charge on any atom is 0.329 e. The van der Waals surface area contributed by atoms with Crippen LogP contribution in [0, 0.1) is 11.6 Å². The van der Waals surface area contributed by atoms with Gasteiger partial charge in [0.1, 0.15) is 11.3 Å². The lowest BCUT2D eigenvalue weighted by atomic mass is 9.73. The molecule has 6 rings (SSSR count). The standard InChI is InChI=1S/C42H61F2N5O6/c1-6-48-36-29(26-49(39(48)50)37-34(43)31(53-4)24-32(54-5)35(37)44)25-45-38-30(36)23-33(46-38)42(28-47-19-21-55-22-20-47)17-13-11-9-7-8-10-12-15-40(2,51)27-41(3,52)16-14-18-42/h23-25,51-52H,6-22,26-28H2,1-5H3,(H,45,46). The summed E-state index contributed by atoms with van der Waals surface area (Å²) in [5, 5.41) is 23.6. The molecule has 1 aromatic carbocycles. The highest BCUT2D eigenvalue weighted by Crippen LogP contribution is 2.45. The lowest BCUT2D eigenvalue weighted by Crippen LogP contribution is -2.48. The topological polar surface area (TPSA) is 124 Å². The number of H-pyrrole nitrogens is 1. The molecule has 3 aliphatic rings. The fourth-order valence-electron chi connectivity index (χ4n) is 9.36. The fraction of sp³-hybridized carbons (Fsp3) is 0.667. The first-order chi connectivity index (χ1) is 26.3. The van der Waals surface area contributed by atoms with E-state index in [1.807, 2.05) is 20.8 Å². The number of aromatic nitrogens is 2. The van der Waals surface area contributed by atoms with Gasteiger partial charge in [-0.1, -0.05) is 44.9 Å². The molecule has 11 nitrogen and oxygen atoms in total. The molecule has 13 heteroatoms. The number of amides is 2. The summed E-state index contributed by atoms with van der Waals surface area (Å²) in [4.78, 5) is 27.9. The van der Waals surface area contributed by atoms with Gasteiger partial charge < -0.3 is 29.4 Å². The van der Waals surface area contributed by atoms with Crippen LogP contribution >= 0.6 is 0 Å². The second-order valence-corrected chi connectivity index (χ2v) is 16.6. The van der Waals surface area contributed by atoms with Crippen molar-refractivity contribution in [3.63, 3.8) is 0 Å². The van der Waals surface area contributed by atoms with Crippen LogP contribution in [0.15, 0.2) is 18.3 Å². The van der Waals surface area contributed by atoms with Gasteiger partial charge >= 0.3 is 6.03 Å². The minimum Gasteiger partial charge on any atom is -0.493 e. The molecule has 2 amide bonds. The van der Waals surface area contributed by atoms with Gasteiger partial charge in [-0.05, 0) is 58.9 Å². The van der Waals surface area contributed by atoms with E-state index in [2.05, 4.69) is 16.0 Å². The number of hydrogen-bond donors (Lipinski definition) is 3. The number of aliphatic hydroxyl groups is 2. The monoisotopic (exact) mass is 769 g/mol. The van der Waals surface area contributed by atoms with Gasteiger partial charge in [0.25, 0.3) is 0 Å². The number of morpholine rings is 1. The lowest BCUT2D eigenvalue weighted by molar-refractivity contribution is -0.0561. The molecule has 0 bridgehead atoms. The number of ether oxygens (including phenoxy) is 3. The summed E-state index contributed by atoms with van der Waals surface area (Å²) in [7, 11) is 2.56. The van der Waals surface area contributed by atoms with Crippen LogP contribution in [0.3, 0.4) is 0 Å². The van der Waals surface area contributed by atoms with Crippen LogP contribution in [-0.2, 0) is 16.7 Å². The third-order valence-electron chi connectivity index (χ3n) is 12.1. The van der Waals surface area contributed by atoms with Crippen LogP contribution in [0.25, 0.3) is 11.0 Å². The molecule has 2 aromatic heterocycles. The maximum absolute atomic E-state index is 15.7. The highest BCUT2D eigenvalue weighted by atomic mass is 19.1. The zero-order valence-electron chi connectivity index (χ0n) is 33.4. The van der Waals surface area contributed by atoms with Gasteiger partial charge in [0.15, 0.2) is 23.1 Å². The molecule has 1 aliphatic carbocycles. The average molecular weight is 770 g/mol. The number of rotatable bonds is 7. The Morgan fingerprint density at radius 2 is 1.44 bits per heavy atom. The Morgan fingerprint density at radius 1 is 0.855 bits per heavy atom. The Bertz CT molecular complexity index is 1770. The summed E-state index contributed by atoms with van der Waals surface area (Å²) in [5.74, 6) is -2.44.